The zero-order valence-electron chi connectivity index (χ0n) is 11.9. The van der Waals surface area contributed by atoms with E-state index in [9.17, 15) is 5.26 Å². The van der Waals surface area contributed by atoms with Crippen LogP contribution in [0.15, 0.2) is 60.7 Å². The summed E-state index contributed by atoms with van der Waals surface area (Å²) >= 11 is 0. The third-order valence-corrected chi connectivity index (χ3v) is 3.45. The third kappa shape index (κ3) is 4.22. The van der Waals surface area contributed by atoms with E-state index in [0.717, 1.165) is 25.1 Å². The lowest BCUT2D eigenvalue weighted by Gasteiger charge is -2.18. The number of benzene rings is 2. The summed E-state index contributed by atoms with van der Waals surface area (Å²) in [6, 6.07) is 22.9. The van der Waals surface area contributed by atoms with Crippen molar-refractivity contribution in [3.8, 4) is 6.07 Å². The van der Waals surface area contributed by atoms with E-state index in [2.05, 4.69) is 42.3 Å². The molecule has 2 nitrogen and oxygen atoms in total. The fourth-order valence-electron chi connectivity index (χ4n) is 2.31. The summed E-state index contributed by atoms with van der Waals surface area (Å²) in [5.41, 5.74) is 2.42. The van der Waals surface area contributed by atoms with Gasteiger partial charge in [0, 0.05) is 6.54 Å². The van der Waals surface area contributed by atoms with E-state index >= 15 is 0 Å². The molecule has 0 fully saturated rings. The van der Waals surface area contributed by atoms with Crippen molar-refractivity contribution in [3.05, 3.63) is 71.8 Å². The number of hydrogen-bond donors (Lipinski definition) is 0. The van der Waals surface area contributed by atoms with Crippen LogP contribution in [0.5, 0.6) is 0 Å². The molecule has 0 aliphatic rings. The highest BCUT2D eigenvalue weighted by atomic mass is 15.1. The summed E-state index contributed by atoms with van der Waals surface area (Å²) in [6.45, 7) is 1.84. The van der Waals surface area contributed by atoms with Gasteiger partial charge in [0.1, 0.15) is 0 Å². The van der Waals surface area contributed by atoms with Gasteiger partial charge in [0.2, 0.25) is 0 Å². The quantitative estimate of drug-likeness (QED) is 0.793. The summed E-state index contributed by atoms with van der Waals surface area (Å²) < 4.78 is 0. The molecule has 0 amide bonds. The molecule has 0 aromatic heterocycles. The van der Waals surface area contributed by atoms with Crippen LogP contribution in [0.3, 0.4) is 0 Å². The van der Waals surface area contributed by atoms with E-state index in [-0.39, 0.29) is 5.92 Å². The molecule has 0 aliphatic carbocycles. The molecule has 0 saturated carbocycles. The van der Waals surface area contributed by atoms with Crippen molar-refractivity contribution >= 4 is 0 Å². The first-order valence-corrected chi connectivity index (χ1v) is 6.96. The second-order valence-electron chi connectivity index (χ2n) is 5.10. The van der Waals surface area contributed by atoms with Crippen LogP contribution in [0.1, 0.15) is 23.5 Å². The highest BCUT2D eigenvalue weighted by Gasteiger charge is 2.11. The van der Waals surface area contributed by atoms with E-state index in [1.807, 2.05) is 36.4 Å². The molecule has 0 unspecified atom stereocenters. The molecule has 20 heavy (non-hydrogen) atoms. The van der Waals surface area contributed by atoms with E-state index in [1.54, 1.807) is 0 Å². The SMILES string of the molecule is CN(CC[C@H](C#N)c1ccccc1)Cc1ccccc1. The fraction of sp³-hybridized carbons (Fsp3) is 0.278. The maximum absolute atomic E-state index is 9.31. The van der Waals surface area contributed by atoms with Crippen molar-refractivity contribution in [2.45, 2.75) is 18.9 Å². The molecule has 2 heteroatoms. The molecule has 0 N–H and O–H groups in total. The molecule has 0 radical (unpaired) electrons. The summed E-state index contributed by atoms with van der Waals surface area (Å²) in [5, 5.41) is 9.31. The first kappa shape index (κ1) is 14.3. The average Bonchev–Trinajstić information content (AvgIpc) is 2.50. The van der Waals surface area contributed by atoms with Crippen LogP contribution in [0.25, 0.3) is 0 Å². The van der Waals surface area contributed by atoms with E-state index < -0.39 is 0 Å². The molecule has 0 heterocycles. The Hall–Kier alpha value is -2.11. The van der Waals surface area contributed by atoms with Crippen LogP contribution in [-0.2, 0) is 6.54 Å². The van der Waals surface area contributed by atoms with Gasteiger partial charge in [-0.1, -0.05) is 60.7 Å². The Labute approximate surface area is 121 Å². The minimum absolute atomic E-state index is 0.0191. The van der Waals surface area contributed by atoms with Gasteiger partial charge in [0.15, 0.2) is 0 Å². The van der Waals surface area contributed by atoms with Crippen LogP contribution in [0.4, 0.5) is 0 Å². The molecule has 1 atom stereocenters. The molecule has 2 aromatic carbocycles. The van der Waals surface area contributed by atoms with Crippen molar-refractivity contribution in [2.24, 2.45) is 0 Å². The van der Waals surface area contributed by atoms with Crippen LogP contribution in [0, 0.1) is 11.3 Å². The van der Waals surface area contributed by atoms with Gasteiger partial charge in [-0.2, -0.15) is 5.26 Å². The summed E-state index contributed by atoms with van der Waals surface area (Å²) in [4.78, 5) is 2.27. The monoisotopic (exact) mass is 264 g/mol. The van der Waals surface area contributed by atoms with E-state index in [0.29, 0.717) is 0 Å². The molecule has 2 aromatic rings. The largest absolute Gasteiger partial charge is 0.302 e. The van der Waals surface area contributed by atoms with Crippen molar-refractivity contribution in [1.82, 2.24) is 4.90 Å². The number of nitriles is 1. The topological polar surface area (TPSA) is 27.0 Å². The smallest absolute Gasteiger partial charge is 0.0724 e. The fourth-order valence-corrected chi connectivity index (χ4v) is 2.31. The molecule has 0 saturated heterocycles. The third-order valence-electron chi connectivity index (χ3n) is 3.45. The van der Waals surface area contributed by atoms with Gasteiger partial charge in [-0.15, -0.1) is 0 Å². The Balaban J connectivity index is 1.86. The van der Waals surface area contributed by atoms with Gasteiger partial charge in [-0.25, -0.2) is 0 Å². The second-order valence-corrected chi connectivity index (χ2v) is 5.10. The molecule has 0 bridgehead atoms. The van der Waals surface area contributed by atoms with Gasteiger partial charge in [0.05, 0.1) is 12.0 Å². The minimum atomic E-state index is -0.0191. The lowest BCUT2D eigenvalue weighted by molar-refractivity contribution is 0.318. The molecule has 0 aliphatic heterocycles. The highest BCUT2D eigenvalue weighted by molar-refractivity contribution is 5.24. The Bertz CT molecular complexity index is 543. The Morgan fingerprint density at radius 3 is 2.20 bits per heavy atom. The first-order valence-electron chi connectivity index (χ1n) is 6.96. The van der Waals surface area contributed by atoms with Crippen molar-refractivity contribution in [2.75, 3.05) is 13.6 Å². The minimum Gasteiger partial charge on any atom is -0.302 e. The standard InChI is InChI=1S/C18H20N2/c1-20(15-16-8-4-2-5-9-16)13-12-18(14-19)17-10-6-3-7-11-17/h2-11,18H,12-13,15H2,1H3/t18-/m1/s1. The average molecular weight is 264 g/mol. The molecule has 2 rings (SSSR count). The molecular formula is C18H20N2. The van der Waals surface area contributed by atoms with Crippen LogP contribution in [0.2, 0.25) is 0 Å². The number of nitrogens with zero attached hydrogens (tertiary/aromatic N) is 2. The van der Waals surface area contributed by atoms with Gasteiger partial charge >= 0.3 is 0 Å². The summed E-state index contributed by atoms with van der Waals surface area (Å²) in [6.07, 6.45) is 0.865. The number of rotatable bonds is 6. The Kier molecular flexibility index (Phi) is 5.34. The lowest BCUT2D eigenvalue weighted by atomic mass is 9.97. The second kappa shape index (κ2) is 7.47. The van der Waals surface area contributed by atoms with Crippen LogP contribution in [-0.4, -0.2) is 18.5 Å². The summed E-state index contributed by atoms with van der Waals surface area (Å²) in [5.74, 6) is -0.0191. The highest BCUT2D eigenvalue weighted by Crippen LogP contribution is 2.19. The Morgan fingerprint density at radius 1 is 1.00 bits per heavy atom. The zero-order chi connectivity index (χ0) is 14.2. The van der Waals surface area contributed by atoms with Crippen LogP contribution >= 0.6 is 0 Å². The normalized spacial score (nSPS) is 12.1. The van der Waals surface area contributed by atoms with E-state index in [1.165, 1.54) is 5.56 Å². The Morgan fingerprint density at radius 2 is 1.60 bits per heavy atom. The maximum Gasteiger partial charge on any atom is 0.0724 e. The van der Waals surface area contributed by atoms with Gasteiger partial charge in [-0.05, 0) is 31.1 Å². The maximum atomic E-state index is 9.31. The predicted octanol–water partition coefficient (Wildman–Crippen LogP) is 3.82. The first-order chi connectivity index (χ1) is 9.79. The van der Waals surface area contributed by atoms with Crippen molar-refractivity contribution in [3.63, 3.8) is 0 Å². The van der Waals surface area contributed by atoms with E-state index in [4.69, 9.17) is 0 Å². The molecular weight excluding hydrogens is 244 g/mol. The van der Waals surface area contributed by atoms with Crippen molar-refractivity contribution in [1.29, 1.82) is 5.26 Å². The van der Waals surface area contributed by atoms with Gasteiger partial charge in [-0.3, -0.25) is 0 Å². The lowest BCUT2D eigenvalue weighted by Crippen LogP contribution is -2.20. The van der Waals surface area contributed by atoms with Crippen LogP contribution < -0.4 is 0 Å². The van der Waals surface area contributed by atoms with Crippen molar-refractivity contribution < 1.29 is 0 Å². The number of hydrogen-bond acceptors (Lipinski definition) is 2. The molecule has 102 valence electrons. The zero-order valence-corrected chi connectivity index (χ0v) is 11.9. The van der Waals surface area contributed by atoms with Gasteiger partial charge < -0.3 is 4.90 Å². The predicted molar refractivity (Wildman–Crippen MR) is 82.2 cm³/mol. The van der Waals surface area contributed by atoms with Gasteiger partial charge in [0.25, 0.3) is 0 Å². The summed E-state index contributed by atoms with van der Waals surface area (Å²) in [7, 11) is 2.10. The molecule has 0 spiro atoms.